The Morgan fingerprint density at radius 3 is 2.56 bits per heavy atom. The Hall–Kier alpha value is -1.61. The zero-order valence-electron chi connectivity index (χ0n) is 9.82. The molecule has 0 aliphatic rings. The van der Waals surface area contributed by atoms with Gasteiger partial charge in [-0.3, -0.25) is 4.98 Å². The Balaban J connectivity index is 0.00000128. The lowest BCUT2D eigenvalue weighted by Gasteiger charge is -2.21. The molecule has 0 fully saturated rings. The minimum absolute atomic E-state index is 0. The second kappa shape index (κ2) is 4.49. The summed E-state index contributed by atoms with van der Waals surface area (Å²) in [5, 5.41) is 1.11. The summed E-state index contributed by atoms with van der Waals surface area (Å²) in [4.78, 5) is 4.26. The maximum absolute atomic E-state index is 5.78. The highest BCUT2D eigenvalue weighted by Gasteiger charge is 2.11. The summed E-state index contributed by atoms with van der Waals surface area (Å²) in [7, 11) is 0. The minimum atomic E-state index is -0.157. The number of hydrogen-bond acceptors (Lipinski definition) is 2. The molecule has 0 aliphatic heterocycles. The van der Waals surface area contributed by atoms with Gasteiger partial charge in [-0.2, -0.15) is 0 Å². The van der Waals surface area contributed by atoms with E-state index in [4.69, 9.17) is 4.74 Å². The normalized spacial score (nSPS) is 10.9. The van der Waals surface area contributed by atoms with Crippen LogP contribution in [-0.2, 0) is 0 Å². The molecular formula is C13H17NO2. The van der Waals surface area contributed by atoms with Crippen LogP contribution < -0.4 is 4.74 Å². The van der Waals surface area contributed by atoms with Crippen LogP contribution in [0.3, 0.4) is 0 Å². The van der Waals surface area contributed by atoms with Crippen LogP contribution in [0.15, 0.2) is 36.5 Å². The zero-order chi connectivity index (χ0) is 10.9. The second-order valence-electron chi connectivity index (χ2n) is 4.57. The number of ether oxygens (including phenoxy) is 1. The lowest BCUT2D eigenvalue weighted by Crippen LogP contribution is -2.22. The summed E-state index contributed by atoms with van der Waals surface area (Å²) >= 11 is 0. The fourth-order valence-corrected chi connectivity index (χ4v) is 1.47. The van der Waals surface area contributed by atoms with Crippen LogP contribution in [0.4, 0.5) is 0 Å². The molecule has 0 spiro atoms. The Labute approximate surface area is 95.4 Å². The lowest BCUT2D eigenvalue weighted by molar-refractivity contribution is 0.131. The van der Waals surface area contributed by atoms with Crippen molar-refractivity contribution in [2.75, 3.05) is 0 Å². The van der Waals surface area contributed by atoms with Crippen molar-refractivity contribution in [3.63, 3.8) is 0 Å². The van der Waals surface area contributed by atoms with E-state index in [0.717, 1.165) is 16.7 Å². The first kappa shape index (κ1) is 12.5. The Bertz CT molecular complexity index is 475. The predicted molar refractivity (Wildman–Crippen MR) is 65.7 cm³/mol. The topological polar surface area (TPSA) is 53.6 Å². The Morgan fingerprint density at radius 1 is 1.12 bits per heavy atom. The number of rotatable bonds is 1. The van der Waals surface area contributed by atoms with Gasteiger partial charge in [-0.25, -0.2) is 0 Å². The molecule has 3 nitrogen and oxygen atoms in total. The van der Waals surface area contributed by atoms with Crippen molar-refractivity contribution in [2.24, 2.45) is 0 Å². The van der Waals surface area contributed by atoms with Crippen molar-refractivity contribution >= 4 is 10.9 Å². The van der Waals surface area contributed by atoms with E-state index in [-0.39, 0.29) is 11.1 Å². The molecule has 1 aromatic carbocycles. The first-order chi connectivity index (χ1) is 7.04. The Kier molecular flexibility index (Phi) is 3.50. The van der Waals surface area contributed by atoms with Crippen LogP contribution in [-0.4, -0.2) is 16.1 Å². The highest BCUT2D eigenvalue weighted by molar-refractivity contribution is 5.79. The van der Waals surface area contributed by atoms with E-state index >= 15 is 0 Å². The van der Waals surface area contributed by atoms with Gasteiger partial charge in [0.1, 0.15) is 11.4 Å². The van der Waals surface area contributed by atoms with Crippen LogP contribution in [0.25, 0.3) is 10.9 Å². The van der Waals surface area contributed by atoms with Gasteiger partial charge in [0.2, 0.25) is 0 Å². The first-order valence-electron chi connectivity index (χ1n) is 5.08. The molecule has 86 valence electrons. The van der Waals surface area contributed by atoms with Gasteiger partial charge >= 0.3 is 0 Å². The number of pyridine rings is 1. The monoisotopic (exact) mass is 219 g/mol. The molecule has 16 heavy (non-hydrogen) atoms. The van der Waals surface area contributed by atoms with Gasteiger partial charge in [-0.1, -0.05) is 6.07 Å². The van der Waals surface area contributed by atoms with Gasteiger partial charge in [0.05, 0.1) is 5.52 Å². The molecule has 0 saturated heterocycles. The summed E-state index contributed by atoms with van der Waals surface area (Å²) < 4.78 is 5.78. The van der Waals surface area contributed by atoms with E-state index in [1.165, 1.54) is 0 Å². The smallest absolute Gasteiger partial charge is 0.120 e. The van der Waals surface area contributed by atoms with E-state index in [1.807, 2.05) is 51.1 Å². The molecule has 1 aromatic heterocycles. The van der Waals surface area contributed by atoms with Crippen molar-refractivity contribution in [2.45, 2.75) is 26.4 Å². The van der Waals surface area contributed by atoms with Gasteiger partial charge in [-0.05, 0) is 45.0 Å². The third-order valence-corrected chi connectivity index (χ3v) is 2.00. The molecule has 0 bridgehead atoms. The van der Waals surface area contributed by atoms with Gasteiger partial charge in [-0.15, -0.1) is 0 Å². The molecule has 3 heteroatoms. The molecule has 1 heterocycles. The lowest BCUT2D eigenvalue weighted by atomic mass is 10.1. The van der Waals surface area contributed by atoms with Crippen molar-refractivity contribution in [3.8, 4) is 5.75 Å². The average Bonchev–Trinajstić information content (AvgIpc) is 2.15. The molecule has 0 atom stereocenters. The van der Waals surface area contributed by atoms with Crippen molar-refractivity contribution in [1.29, 1.82) is 0 Å². The van der Waals surface area contributed by atoms with Crippen LogP contribution in [0.2, 0.25) is 0 Å². The standard InChI is InChI=1S/C13H15NO.H2O/c1-13(2,3)15-11-6-7-12-10(9-11)5-4-8-14-12;/h4-9H,1-3H3;1H2. The maximum Gasteiger partial charge on any atom is 0.120 e. The zero-order valence-corrected chi connectivity index (χ0v) is 9.82. The largest absolute Gasteiger partial charge is 0.488 e. The fraction of sp³-hybridized carbons (Fsp3) is 0.308. The van der Waals surface area contributed by atoms with E-state index in [0.29, 0.717) is 0 Å². The van der Waals surface area contributed by atoms with Crippen LogP contribution in [0, 0.1) is 0 Å². The molecule has 2 aromatic rings. The van der Waals surface area contributed by atoms with E-state index in [2.05, 4.69) is 4.98 Å². The average molecular weight is 219 g/mol. The number of nitrogens with zero attached hydrogens (tertiary/aromatic N) is 1. The van der Waals surface area contributed by atoms with Crippen molar-refractivity contribution in [3.05, 3.63) is 36.5 Å². The third kappa shape index (κ3) is 2.94. The molecular weight excluding hydrogens is 202 g/mol. The van der Waals surface area contributed by atoms with E-state index < -0.39 is 0 Å². The van der Waals surface area contributed by atoms with Crippen LogP contribution in [0.1, 0.15) is 20.8 Å². The minimum Gasteiger partial charge on any atom is -0.488 e. The van der Waals surface area contributed by atoms with E-state index in [9.17, 15) is 0 Å². The van der Waals surface area contributed by atoms with Crippen LogP contribution in [0.5, 0.6) is 5.75 Å². The molecule has 0 amide bonds. The third-order valence-electron chi connectivity index (χ3n) is 2.00. The highest BCUT2D eigenvalue weighted by atomic mass is 16.5. The molecule has 0 unspecified atom stereocenters. The fourth-order valence-electron chi connectivity index (χ4n) is 1.47. The van der Waals surface area contributed by atoms with E-state index in [1.54, 1.807) is 6.20 Å². The number of benzene rings is 1. The summed E-state index contributed by atoms with van der Waals surface area (Å²) in [5.41, 5.74) is 0.842. The summed E-state index contributed by atoms with van der Waals surface area (Å²) in [6.07, 6.45) is 1.80. The predicted octanol–water partition coefficient (Wildman–Crippen LogP) is 2.59. The second-order valence-corrected chi connectivity index (χ2v) is 4.57. The van der Waals surface area contributed by atoms with Gasteiger partial charge in [0.25, 0.3) is 0 Å². The molecule has 2 N–H and O–H groups in total. The molecule has 2 rings (SSSR count). The molecule has 0 radical (unpaired) electrons. The van der Waals surface area contributed by atoms with Crippen molar-refractivity contribution in [1.82, 2.24) is 4.98 Å². The summed E-state index contributed by atoms with van der Waals surface area (Å²) in [6, 6.07) is 9.94. The van der Waals surface area contributed by atoms with Crippen molar-refractivity contribution < 1.29 is 10.2 Å². The maximum atomic E-state index is 5.78. The molecule has 0 aliphatic carbocycles. The highest BCUT2D eigenvalue weighted by Crippen LogP contribution is 2.22. The number of hydrogen-bond donors (Lipinski definition) is 0. The number of aromatic nitrogens is 1. The Morgan fingerprint density at radius 2 is 1.88 bits per heavy atom. The SMILES string of the molecule is CC(C)(C)Oc1ccc2ncccc2c1.O. The number of fused-ring (bicyclic) bond motifs is 1. The first-order valence-corrected chi connectivity index (χ1v) is 5.08. The molecule has 0 saturated carbocycles. The van der Waals surface area contributed by atoms with Gasteiger partial charge < -0.3 is 10.2 Å². The summed E-state index contributed by atoms with van der Waals surface area (Å²) in [5.74, 6) is 0.892. The summed E-state index contributed by atoms with van der Waals surface area (Å²) in [6.45, 7) is 6.13. The van der Waals surface area contributed by atoms with Gasteiger partial charge in [0.15, 0.2) is 0 Å². The van der Waals surface area contributed by atoms with Crippen LogP contribution >= 0.6 is 0 Å². The quantitative estimate of drug-likeness (QED) is 0.740. The van der Waals surface area contributed by atoms with Gasteiger partial charge in [0, 0.05) is 11.6 Å².